The quantitative estimate of drug-likeness (QED) is 0.928. The lowest BCUT2D eigenvalue weighted by molar-refractivity contribution is 0.0901. The molecule has 1 N–H and O–H groups in total. The third-order valence-electron chi connectivity index (χ3n) is 4.30. The van der Waals surface area contributed by atoms with Crippen molar-refractivity contribution in [3.63, 3.8) is 0 Å². The third kappa shape index (κ3) is 3.46. The lowest BCUT2D eigenvalue weighted by Crippen LogP contribution is -2.31. The highest BCUT2D eigenvalue weighted by atomic mass is 16.4. The highest BCUT2D eigenvalue weighted by Gasteiger charge is 2.25. The molecule has 3 rings (SSSR count). The van der Waals surface area contributed by atoms with Gasteiger partial charge in [-0.15, -0.1) is 0 Å². The average molecular weight is 312 g/mol. The first-order valence-corrected chi connectivity index (χ1v) is 8.39. The molecule has 1 aromatic carbocycles. The number of carbonyl (C=O) groups excluding carboxylic acids is 1. The van der Waals surface area contributed by atoms with Crippen LogP contribution in [0.25, 0.3) is 0 Å². The van der Waals surface area contributed by atoms with Gasteiger partial charge in [-0.2, -0.15) is 0 Å². The molecule has 0 saturated heterocycles. The van der Waals surface area contributed by atoms with Crippen LogP contribution in [0.15, 0.2) is 28.7 Å². The van der Waals surface area contributed by atoms with Gasteiger partial charge in [-0.25, -0.2) is 4.98 Å². The number of benzene rings is 1. The highest BCUT2D eigenvalue weighted by molar-refractivity contribution is 5.92. The Morgan fingerprint density at radius 1 is 1.39 bits per heavy atom. The SMILES string of the molecule is Cc1nc(CC(C)C)oc1C(=O)NC1CCCc2ccccc21. The Hall–Kier alpha value is -2.10. The van der Waals surface area contributed by atoms with Gasteiger partial charge < -0.3 is 9.73 Å². The zero-order valence-electron chi connectivity index (χ0n) is 14.1. The maximum atomic E-state index is 12.6. The number of rotatable bonds is 4. The van der Waals surface area contributed by atoms with Crippen molar-refractivity contribution in [2.45, 2.75) is 52.5 Å². The minimum atomic E-state index is -0.160. The van der Waals surface area contributed by atoms with E-state index in [0.717, 1.165) is 25.7 Å². The number of aryl methyl sites for hydroxylation is 2. The number of fused-ring (bicyclic) bond motifs is 1. The summed E-state index contributed by atoms with van der Waals surface area (Å²) >= 11 is 0. The van der Waals surface area contributed by atoms with E-state index in [0.29, 0.717) is 23.3 Å². The van der Waals surface area contributed by atoms with Crippen molar-refractivity contribution in [2.75, 3.05) is 0 Å². The van der Waals surface area contributed by atoms with Gasteiger partial charge in [-0.3, -0.25) is 4.79 Å². The summed E-state index contributed by atoms with van der Waals surface area (Å²) in [5.41, 5.74) is 3.23. The molecule has 0 spiro atoms. The van der Waals surface area contributed by atoms with E-state index in [-0.39, 0.29) is 11.9 Å². The van der Waals surface area contributed by atoms with E-state index >= 15 is 0 Å². The second kappa shape index (κ2) is 6.57. The number of nitrogens with zero attached hydrogens (tertiary/aromatic N) is 1. The molecule has 2 aromatic rings. The fourth-order valence-corrected chi connectivity index (χ4v) is 3.23. The molecule has 0 bridgehead atoms. The van der Waals surface area contributed by atoms with Crippen molar-refractivity contribution in [1.29, 1.82) is 0 Å². The van der Waals surface area contributed by atoms with Crippen molar-refractivity contribution in [1.82, 2.24) is 10.3 Å². The Kier molecular flexibility index (Phi) is 4.51. The average Bonchev–Trinajstić information content (AvgIpc) is 2.87. The number of carbonyl (C=O) groups is 1. The zero-order valence-corrected chi connectivity index (χ0v) is 14.1. The van der Waals surface area contributed by atoms with E-state index in [4.69, 9.17) is 4.42 Å². The van der Waals surface area contributed by atoms with Crippen LogP contribution in [-0.2, 0) is 12.8 Å². The molecular weight excluding hydrogens is 288 g/mol. The summed E-state index contributed by atoms with van der Waals surface area (Å²) < 4.78 is 5.69. The lowest BCUT2D eigenvalue weighted by atomic mass is 9.87. The monoisotopic (exact) mass is 312 g/mol. The van der Waals surface area contributed by atoms with E-state index in [1.807, 2.05) is 13.0 Å². The van der Waals surface area contributed by atoms with Crippen molar-refractivity contribution < 1.29 is 9.21 Å². The van der Waals surface area contributed by atoms with E-state index in [1.165, 1.54) is 11.1 Å². The Bertz CT molecular complexity index is 703. The van der Waals surface area contributed by atoms with Gasteiger partial charge in [0.1, 0.15) is 0 Å². The third-order valence-corrected chi connectivity index (χ3v) is 4.30. The molecular formula is C19H24N2O2. The Morgan fingerprint density at radius 2 is 2.17 bits per heavy atom. The smallest absolute Gasteiger partial charge is 0.289 e. The topological polar surface area (TPSA) is 55.1 Å². The van der Waals surface area contributed by atoms with Gasteiger partial charge in [0, 0.05) is 6.42 Å². The zero-order chi connectivity index (χ0) is 16.4. The Labute approximate surface area is 137 Å². The first-order valence-electron chi connectivity index (χ1n) is 8.39. The largest absolute Gasteiger partial charge is 0.435 e. The van der Waals surface area contributed by atoms with Gasteiger partial charge in [-0.1, -0.05) is 38.1 Å². The maximum absolute atomic E-state index is 12.6. The molecule has 0 radical (unpaired) electrons. The van der Waals surface area contributed by atoms with Gasteiger partial charge in [0.2, 0.25) is 5.76 Å². The first kappa shape index (κ1) is 15.8. The molecule has 4 heteroatoms. The number of hydrogen-bond donors (Lipinski definition) is 1. The normalized spacial score (nSPS) is 17.1. The molecule has 1 amide bonds. The van der Waals surface area contributed by atoms with E-state index in [1.54, 1.807) is 0 Å². The van der Waals surface area contributed by atoms with Gasteiger partial charge in [0.25, 0.3) is 5.91 Å². The minimum Gasteiger partial charge on any atom is -0.435 e. The molecule has 23 heavy (non-hydrogen) atoms. The summed E-state index contributed by atoms with van der Waals surface area (Å²) in [5, 5.41) is 3.13. The molecule has 122 valence electrons. The van der Waals surface area contributed by atoms with Gasteiger partial charge in [0.15, 0.2) is 5.89 Å². The molecule has 1 heterocycles. The fourth-order valence-electron chi connectivity index (χ4n) is 3.23. The Morgan fingerprint density at radius 3 is 2.96 bits per heavy atom. The van der Waals surface area contributed by atoms with Crippen LogP contribution in [0.5, 0.6) is 0 Å². The molecule has 1 unspecified atom stereocenters. The van der Waals surface area contributed by atoms with E-state index in [2.05, 4.69) is 42.3 Å². The molecule has 0 aliphatic heterocycles. The van der Waals surface area contributed by atoms with Crippen LogP contribution >= 0.6 is 0 Å². The predicted octanol–water partition coefficient (Wildman–Crippen LogP) is 3.99. The second-order valence-corrected chi connectivity index (χ2v) is 6.74. The van der Waals surface area contributed by atoms with Crippen LogP contribution < -0.4 is 5.32 Å². The standard InChI is InChI=1S/C19H24N2O2/c1-12(2)11-17-20-13(3)18(23-17)19(22)21-16-10-6-8-14-7-4-5-9-15(14)16/h4-5,7,9,12,16H,6,8,10-11H2,1-3H3,(H,21,22). The molecule has 1 aliphatic rings. The number of aromatic nitrogens is 1. The second-order valence-electron chi connectivity index (χ2n) is 6.74. The number of nitrogens with one attached hydrogen (secondary N) is 1. The lowest BCUT2D eigenvalue weighted by Gasteiger charge is -2.26. The summed E-state index contributed by atoms with van der Waals surface area (Å²) in [7, 11) is 0. The van der Waals surface area contributed by atoms with Crippen molar-refractivity contribution in [2.24, 2.45) is 5.92 Å². The van der Waals surface area contributed by atoms with Crippen LogP contribution in [-0.4, -0.2) is 10.9 Å². The number of hydrogen-bond acceptors (Lipinski definition) is 3. The Balaban J connectivity index is 1.77. The minimum absolute atomic E-state index is 0.0606. The highest BCUT2D eigenvalue weighted by Crippen LogP contribution is 2.29. The molecule has 0 saturated carbocycles. The van der Waals surface area contributed by atoms with Crippen molar-refractivity contribution in [3.05, 3.63) is 52.7 Å². The summed E-state index contributed by atoms with van der Waals surface area (Å²) in [4.78, 5) is 17.0. The van der Waals surface area contributed by atoms with Crippen LogP contribution in [0.3, 0.4) is 0 Å². The fraction of sp³-hybridized carbons (Fsp3) is 0.474. The molecule has 1 atom stereocenters. The summed E-state index contributed by atoms with van der Waals surface area (Å²) in [6, 6.07) is 8.40. The van der Waals surface area contributed by atoms with E-state index in [9.17, 15) is 4.79 Å². The summed E-state index contributed by atoms with van der Waals surface area (Å²) in [5.74, 6) is 1.29. The van der Waals surface area contributed by atoms with E-state index < -0.39 is 0 Å². The molecule has 1 aliphatic carbocycles. The van der Waals surface area contributed by atoms with Crippen molar-refractivity contribution >= 4 is 5.91 Å². The van der Waals surface area contributed by atoms with Gasteiger partial charge >= 0.3 is 0 Å². The van der Waals surface area contributed by atoms with Gasteiger partial charge in [-0.05, 0) is 43.2 Å². The van der Waals surface area contributed by atoms with Gasteiger partial charge in [0.05, 0.1) is 11.7 Å². The number of oxazole rings is 1. The summed E-state index contributed by atoms with van der Waals surface area (Å²) in [6.07, 6.45) is 3.90. The molecule has 4 nitrogen and oxygen atoms in total. The predicted molar refractivity (Wildman–Crippen MR) is 89.4 cm³/mol. The summed E-state index contributed by atoms with van der Waals surface area (Å²) in [6.45, 7) is 6.05. The van der Waals surface area contributed by atoms with Crippen LogP contribution in [0.2, 0.25) is 0 Å². The van der Waals surface area contributed by atoms with Crippen LogP contribution in [0.1, 0.15) is 66.0 Å². The molecule has 1 aromatic heterocycles. The van der Waals surface area contributed by atoms with Crippen LogP contribution in [0, 0.1) is 12.8 Å². The molecule has 0 fully saturated rings. The van der Waals surface area contributed by atoms with Crippen LogP contribution in [0.4, 0.5) is 0 Å². The van der Waals surface area contributed by atoms with Crippen molar-refractivity contribution in [3.8, 4) is 0 Å². The number of amides is 1. The maximum Gasteiger partial charge on any atom is 0.289 e. The first-order chi connectivity index (χ1) is 11.0.